The zero-order valence-electron chi connectivity index (χ0n) is 8.02. The summed E-state index contributed by atoms with van der Waals surface area (Å²) in [6, 6.07) is 9.76. The van der Waals surface area contributed by atoms with Gasteiger partial charge in [0.1, 0.15) is 0 Å². The summed E-state index contributed by atoms with van der Waals surface area (Å²) < 4.78 is 0. The molecule has 0 atom stereocenters. The van der Waals surface area contributed by atoms with Gasteiger partial charge in [-0.15, -0.1) is 0 Å². The molecular formula is C12H10ClNO. The highest BCUT2D eigenvalue weighted by molar-refractivity contribution is 6.31. The van der Waals surface area contributed by atoms with Crippen LogP contribution in [-0.4, -0.2) is 10.1 Å². The maximum Gasteiger partial charge on any atom is 0.0703 e. The van der Waals surface area contributed by atoms with Crippen molar-refractivity contribution in [1.82, 2.24) is 4.98 Å². The van der Waals surface area contributed by atoms with Crippen LogP contribution in [0.5, 0.6) is 0 Å². The first kappa shape index (κ1) is 10.1. The minimum Gasteiger partial charge on any atom is -0.392 e. The fraction of sp³-hybridized carbons (Fsp3) is 0.0833. The van der Waals surface area contributed by atoms with E-state index in [0.29, 0.717) is 5.02 Å². The van der Waals surface area contributed by atoms with Gasteiger partial charge in [-0.05, 0) is 5.56 Å². The van der Waals surface area contributed by atoms with Crippen LogP contribution in [0.15, 0.2) is 42.7 Å². The molecule has 2 nitrogen and oxygen atoms in total. The van der Waals surface area contributed by atoms with Gasteiger partial charge in [0.25, 0.3) is 0 Å². The van der Waals surface area contributed by atoms with Gasteiger partial charge in [-0.1, -0.05) is 41.9 Å². The van der Waals surface area contributed by atoms with Crippen LogP contribution in [-0.2, 0) is 6.61 Å². The van der Waals surface area contributed by atoms with Gasteiger partial charge in [-0.3, -0.25) is 4.98 Å². The van der Waals surface area contributed by atoms with Gasteiger partial charge >= 0.3 is 0 Å². The molecule has 0 radical (unpaired) electrons. The van der Waals surface area contributed by atoms with Gasteiger partial charge in [0.15, 0.2) is 0 Å². The smallest absolute Gasteiger partial charge is 0.0703 e. The molecule has 0 spiro atoms. The third-order valence-electron chi connectivity index (χ3n) is 2.25. The summed E-state index contributed by atoms with van der Waals surface area (Å²) in [5.41, 5.74) is 2.61. The van der Waals surface area contributed by atoms with Crippen molar-refractivity contribution >= 4 is 11.6 Å². The summed E-state index contributed by atoms with van der Waals surface area (Å²) in [7, 11) is 0. The number of hydrogen-bond donors (Lipinski definition) is 1. The Morgan fingerprint density at radius 2 is 1.87 bits per heavy atom. The van der Waals surface area contributed by atoms with Crippen molar-refractivity contribution in [3.05, 3.63) is 53.3 Å². The van der Waals surface area contributed by atoms with Gasteiger partial charge in [-0.25, -0.2) is 0 Å². The maximum absolute atomic E-state index is 9.25. The van der Waals surface area contributed by atoms with Crippen LogP contribution in [0, 0.1) is 0 Å². The second kappa shape index (κ2) is 4.43. The molecule has 0 aliphatic heterocycles. The molecule has 0 saturated heterocycles. The van der Waals surface area contributed by atoms with E-state index in [1.807, 2.05) is 30.3 Å². The summed E-state index contributed by atoms with van der Waals surface area (Å²) in [5, 5.41) is 9.75. The number of rotatable bonds is 2. The predicted octanol–water partition coefficient (Wildman–Crippen LogP) is 2.89. The molecule has 76 valence electrons. The first-order valence-electron chi connectivity index (χ1n) is 4.61. The van der Waals surface area contributed by atoms with Crippen LogP contribution >= 0.6 is 11.6 Å². The topological polar surface area (TPSA) is 33.1 Å². The fourth-order valence-corrected chi connectivity index (χ4v) is 1.71. The second-order valence-corrected chi connectivity index (χ2v) is 3.58. The van der Waals surface area contributed by atoms with E-state index in [0.717, 1.165) is 16.7 Å². The van der Waals surface area contributed by atoms with Gasteiger partial charge in [0.2, 0.25) is 0 Å². The number of hydrogen-bond acceptors (Lipinski definition) is 2. The van der Waals surface area contributed by atoms with E-state index >= 15 is 0 Å². The Morgan fingerprint density at radius 1 is 1.13 bits per heavy atom. The molecule has 3 heteroatoms. The van der Waals surface area contributed by atoms with E-state index in [1.165, 1.54) is 0 Å². The third kappa shape index (κ3) is 2.01. The third-order valence-corrected chi connectivity index (χ3v) is 2.57. The fourth-order valence-electron chi connectivity index (χ4n) is 1.49. The molecule has 2 rings (SSSR count). The molecule has 0 aliphatic carbocycles. The lowest BCUT2D eigenvalue weighted by Gasteiger charge is -2.08. The largest absolute Gasteiger partial charge is 0.392 e. The van der Waals surface area contributed by atoms with Crippen molar-refractivity contribution in [3.63, 3.8) is 0 Å². The van der Waals surface area contributed by atoms with Crippen LogP contribution in [0.25, 0.3) is 11.1 Å². The lowest BCUT2D eigenvalue weighted by molar-refractivity contribution is 0.282. The number of pyridine rings is 1. The SMILES string of the molecule is OCc1c(Cl)cncc1-c1ccccc1. The standard InChI is InChI=1S/C12H10ClNO/c13-12-7-14-6-10(11(12)8-15)9-4-2-1-3-5-9/h1-7,15H,8H2. The van der Waals surface area contributed by atoms with E-state index in [-0.39, 0.29) is 6.61 Å². The van der Waals surface area contributed by atoms with Crippen LogP contribution < -0.4 is 0 Å². The van der Waals surface area contributed by atoms with E-state index in [4.69, 9.17) is 11.6 Å². The number of aromatic nitrogens is 1. The molecule has 0 fully saturated rings. The lowest BCUT2D eigenvalue weighted by atomic mass is 10.0. The molecule has 2 aromatic rings. The molecule has 1 aromatic carbocycles. The van der Waals surface area contributed by atoms with Crippen molar-refractivity contribution in [2.24, 2.45) is 0 Å². The number of aliphatic hydroxyl groups excluding tert-OH is 1. The Morgan fingerprint density at radius 3 is 2.53 bits per heavy atom. The summed E-state index contributed by atoms with van der Waals surface area (Å²) in [6.45, 7) is -0.0778. The molecule has 0 unspecified atom stereocenters. The normalized spacial score (nSPS) is 10.3. The highest BCUT2D eigenvalue weighted by Crippen LogP contribution is 2.27. The Kier molecular flexibility index (Phi) is 2.99. The minimum absolute atomic E-state index is 0.0778. The average molecular weight is 220 g/mol. The van der Waals surface area contributed by atoms with E-state index in [2.05, 4.69) is 4.98 Å². The monoisotopic (exact) mass is 219 g/mol. The van der Waals surface area contributed by atoms with Crippen LogP contribution in [0.4, 0.5) is 0 Å². The Bertz CT molecular complexity index is 456. The van der Waals surface area contributed by atoms with Gasteiger partial charge in [0.05, 0.1) is 11.6 Å². The quantitative estimate of drug-likeness (QED) is 0.843. The van der Waals surface area contributed by atoms with E-state index in [9.17, 15) is 5.11 Å². The summed E-state index contributed by atoms with van der Waals surface area (Å²) in [6.07, 6.45) is 3.26. The molecule has 1 aromatic heterocycles. The van der Waals surface area contributed by atoms with Crippen LogP contribution in [0.3, 0.4) is 0 Å². The zero-order valence-corrected chi connectivity index (χ0v) is 8.78. The number of aliphatic hydroxyl groups is 1. The second-order valence-electron chi connectivity index (χ2n) is 3.17. The lowest BCUT2D eigenvalue weighted by Crippen LogP contribution is -1.92. The molecule has 0 saturated carbocycles. The van der Waals surface area contributed by atoms with Crippen LogP contribution in [0.1, 0.15) is 5.56 Å². The van der Waals surface area contributed by atoms with Gasteiger partial charge in [-0.2, -0.15) is 0 Å². The van der Waals surface area contributed by atoms with Gasteiger partial charge in [0, 0.05) is 23.5 Å². The van der Waals surface area contributed by atoms with Crippen LogP contribution in [0.2, 0.25) is 5.02 Å². The zero-order chi connectivity index (χ0) is 10.7. The average Bonchev–Trinajstić information content (AvgIpc) is 2.30. The molecule has 0 bridgehead atoms. The minimum atomic E-state index is -0.0778. The number of benzene rings is 1. The number of nitrogens with zero attached hydrogens (tertiary/aromatic N) is 1. The summed E-state index contributed by atoms with van der Waals surface area (Å²) in [4.78, 5) is 4.03. The first-order chi connectivity index (χ1) is 7.33. The predicted molar refractivity (Wildman–Crippen MR) is 60.6 cm³/mol. The molecule has 0 aliphatic rings. The highest BCUT2D eigenvalue weighted by Gasteiger charge is 2.07. The maximum atomic E-state index is 9.25. The Labute approximate surface area is 93.2 Å². The van der Waals surface area contributed by atoms with E-state index < -0.39 is 0 Å². The highest BCUT2D eigenvalue weighted by atomic mass is 35.5. The van der Waals surface area contributed by atoms with E-state index in [1.54, 1.807) is 12.4 Å². The Hall–Kier alpha value is -1.38. The number of halogens is 1. The van der Waals surface area contributed by atoms with Gasteiger partial charge < -0.3 is 5.11 Å². The molecule has 15 heavy (non-hydrogen) atoms. The Balaban J connectivity index is 2.58. The van der Waals surface area contributed by atoms with Crippen molar-refractivity contribution in [1.29, 1.82) is 0 Å². The van der Waals surface area contributed by atoms with Crippen molar-refractivity contribution in [2.75, 3.05) is 0 Å². The molecule has 1 N–H and O–H groups in total. The summed E-state index contributed by atoms with van der Waals surface area (Å²) in [5.74, 6) is 0. The molecule has 1 heterocycles. The van der Waals surface area contributed by atoms with Crippen molar-refractivity contribution in [2.45, 2.75) is 6.61 Å². The summed E-state index contributed by atoms with van der Waals surface area (Å²) >= 11 is 5.96. The van der Waals surface area contributed by atoms with Crippen molar-refractivity contribution < 1.29 is 5.11 Å². The molecule has 0 amide bonds. The van der Waals surface area contributed by atoms with Crippen molar-refractivity contribution in [3.8, 4) is 11.1 Å². The molecular weight excluding hydrogens is 210 g/mol. The first-order valence-corrected chi connectivity index (χ1v) is 4.99.